The molecule has 1 atom stereocenters. The molecule has 2 heterocycles. The number of nitrogens with zero attached hydrogens (tertiary/aromatic N) is 2. The second kappa shape index (κ2) is 10.2. The highest BCUT2D eigenvalue weighted by molar-refractivity contribution is 6.13. The molecule has 0 bridgehead atoms. The number of hydrogen-bond acceptors (Lipinski definition) is 3. The highest BCUT2D eigenvalue weighted by Gasteiger charge is 2.51. The van der Waals surface area contributed by atoms with E-state index in [9.17, 15) is 14.0 Å². The van der Waals surface area contributed by atoms with E-state index in [2.05, 4.69) is 4.98 Å². The average molecular weight is 487 g/mol. The van der Waals surface area contributed by atoms with Gasteiger partial charge in [0.25, 0.3) is 0 Å². The van der Waals surface area contributed by atoms with Crippen LogP contribution >= 0.6 is 12.4 Å². The lowest BCUT2D eigenvalue weighted by Crippen LogP contribution is -2.40. The maximum absolute atomic E-state index is 14.2. The summed E-state index contributed by atoms with van der Waals surface area (Å²) < 4.78 is 13.3. The number of aromatic nitrogens is 1. The van der Waals surface area contributed by atoms with E-state index in [0.717, 1.165) is 22.5 Å². The van der Waals surface area contributed by atoms with Crippen molar-refractivity contribution >= 4 is 35.5 Å². The Morgan fingerprint density at radius 1 is 0.857 bits per heavy atom. The molecular weight excluding hydrogens is 463 g/mol. The van der Waals surface area contributed by atoms with Gasteiger partial charge in [0.05, 0.1) is 11.1 Å². The maximum atomic E-state index is 14.2. The van der Waals surface area contributed by atoms with Gasteiger partial charge in [-0.05, 0) is 78.6 Å². The van der Waals surface area contributed by atoms with Crippen molar-refractivity contribution in [1.82, 2.24) is 4.98 Å². The van der Waals surface area contributed by atoms with Gasteiger partial charge in [-0.2, -0.15) is 0 Å². The van der Waals surface area contributed by atoms with Crippen LogP contribution in [0.3, 0.4) is 0 Å². The number of carbonyl (C=O) groups is 2. The molecule has 5 rings (SSSR count). The van der Waals surface area contributed by atoms with E-state index in [1.807, 2.05) is 66.7 Å². The molecule has 0 N–H and O–H groups in total. The van der Waals surface area contributed by atoms with Gasteiger partial charge in [0, 0.05) is 30.1 Å². The zero-order valence-corrected chi connectivity index (χ0v) is 19.7. The van der Waals surface area contributed by atoms with Crippen LogP contribution in [0.2, 0.25) is 0 Å². The Labute approximate surface area is 209 Å². The third-order valence-electron chi connectivity index (χ3n) is 6.49. The number of fused-ring (bicyclic) bond motifs is 1. The number of para-hydroxylation sites is 2. The van der Waals surface area contributed by atoms with E-state index < -0.39 is 5.41 Å². The molecule has 0 fully saturated rings. The van der Waals surface area contributed by atoms with Crippen molar-refractivity contribution in [2.75, 3.05) is 4.90 Å². The first-order valence-electron chi connectivity index (χ1n) is 11.3. The highest BCUT2D eigenvalue weighted by Crippen LogP contribution is 2.49. The molecule has 0 saturated heterocycles. The van der Waals surface area contributed by atoms with Crippen molar-refractivity contribution in [3.63, 3.8) is 0 Å². The Morgan fingerprint density at radius 2 is 1.51 bits per heavy atom. The van der Waals surface area contributed by atoms with Crippen molar-refractivity contribution in [1.29, 1.82) is 0 Å². The van der Waals surface area contributed by atoms with Gasteiger partial charge < -0.3 is 0 Å². The van der Waals surface area contributed by atoms with Crippen molar-refractivity contribution in [3.8, 4) is 0 Å². The van der Waals surface area contributed by atoms with E-state index in [0.29, 0.717) is 18.4 Å². The lowest BCUT2D eigenvalue weighted by molar-refractivity contribution is -0.122. The molecule has 1 aliphatic heterocycles. The molecule has 3 aromatic carbocycles. The predicted octanol–water partition coefficient (Wildman–Crippen LogP) is 6.46. The summed E-state index contributed by atoms with van der Waals surface area (Å²) in [5, 5.41) is 0. The zero-order chi connectivity index (χ0) is 23.5. The first-order chi connectivity index (χ1) is 16.6. The quantitative estimate of drug-likeness (QED) is 0.281. The molecule has 0 radical (unpaired) electrons. The fourth-order valence-electron chi connectivity index (χ4n) is 4.80. The van der Waals surface area contributed by atoms with E-state index in [-0.39, 0.29) is 36.3 Å². The molecule has 35 heavy (non-hydrogen) atoms. The topological polar surface area (TPSA) is 50.3 Å². The fourth-order valence-corrected chi connectivity index (χ4v) is 4.80. The van der Waals surface area contributed by atoms with Gasteiger partial charge in [-0.1, -0.05) is 36.4 Å². The smallest absolute Gasteiger partial charge is 0.242 e. The molecule has 1 aromatic heterocycles. The molecule has 1 aliphatic rings. The second-order valence-electron chi connectivity index (χ2n) is 8.54. The number of amides is 1. The van der Waals surface area contributed by atoms with Crippen LogP contribution in [0.4, 0.5) is 15.8 Å². The molecule has 4 aromatic rings. The first kappa shape index (κ1) is 24.3. The number of anilines is 2. The van der Waals surface area contributed by atoms with E-state index in [1.54, 1.807) is 17.3 Å². The van der Waals surface area contributed by atoms with Gasteiger partial charge >= 0.3 is 0 Å². The SMILES string of the molecule is Cl.O=C(CCC1(Cc2ccncc2)C(=O)N(c2ccccc2)c2ccccc21)c1ccc(F)cc1. The lowest BCUT2D eigenvalue weighted by Gasteiger charge is -2.29. The van der Waals surface area contributed by atoms with Gasteiger partial charge in [-0.3, -0.25) is 19.5 Å². The molecule has 1 amide bonds. The van der Waals surface area contributed by atoms with Crippen LogP contribution in [0.5, 0.6) is 0 Å². The van der Waals surface area contributed by atoms with Crippen LogP contribution in [0.1, 0.15) is 34.3 Å². The number of ketones is 1. The molecule has 1 unspecified atom stereocenters. The minimum absolute atomic E-state index is 0. The summed E-state index contributed by atoms with van der Waals surface area (Å²) in [5.41, 5.74) is 3.04. The van der Waals surface area contributed by atoms with Crippen LogP contribution in [0.15, 0.2) is 103 Å². The molecule has 0 saturated carbocycles. The summed E-state index contributed by atoms with van der Waals surface area (Å²) in [6.45, 7) is 0. The molecule has 6 heteroatoms. The van der Waals surface area contributed by atoms with Crippen LogP contribution < -0.4 is 4.90 Å². The third-order valence-corrected chi connectivity index (χ3v) is 6.49. The number of carbonyl (C=O) groups excluding carboxylic acids is 2. The Morgan fingerprint density at radius 3 is 2.23 bits per heavy atom. The minimum Gasteiger partial charge on any atom is -0.294 e. The zero-order valence-electron chi connectivity index (χ0n) is 18.9. The summed E-state index contributed by atoms with van der Waals surface area (Å²) in [6.07, 6.45) is 4.38. The Kier molecular flexibility index (Phi) is 7.08. The molecule has 0 aliphatic carbocycles. The second-order valence-corrected chi connectivity index (χ2v) is 8.54. The number of pyridine rings is 1. The van der Waals surface area contributed by atoms with Gasteiger partial charge in [-0.25, -0.2) is 4.39 Å². The van der Waals surface area contributed by atoms with Crippen molar-refractivity contribution < 1.29 is 14.0 Å². The average Bonchev–Trinajstić information content (AvgIpc) is 3.12. The summed E-state index contributed by atoms with van der Waals surface area (Å²) in [7, 11) is 0. The number of benzene rings is 3. The van der Waals surface area contributed by atoms with Crippen molar-refractivity contribution in [3.05, 3.63) is 126 Å². The number of rotatable bonds is 7. The first-order valence-corrected chi connectivity index (χ1v) is 11.3. The Bertz CT molecular complexity index is 1330. The Hall–Kier alpha value is -3.83. The standard InChI is InChI=1S/C29H23FN2O2.ClH/c30-23-12-10-22(11-13-23)27(33)14-17-29(20-21-15-18-31-19-16-21)25-8-4-5-9-26(25)32(28(29)34)24-6-2-1-3-7-24;/h1-13,15-16,18-19H,14,17,20H2;1H. The molecular formula is C29H24ClFN2O2. The van der Waals surface area contributed by atoms with E-state index >= 15 is 0 Å². The van der Waals surface area contributed by atoms with Crippen LogP contribution in [-0.2, 0) is 16.6 Å². The lowest BCUT2D eigenvalue weighted by atomic mass is 9.72. The fraction of sp³-hybridized carbons (Fsp3) is 0.138. The predicted molar refractivity (Wildman–Crippen MR) is 137 cm³/mol. The summed E-state index contributed by atoms with van der Waals surface area (Å²) in [6, 6.07) is 26.7. The van der Waals surface area contributed by atoms with Crippen molar-refractivity contribution in [2.24, 2.45) is 0 Å². The molecule has 4 nitrogen and oxygen atoms in total. The van der Waals surface area contributed by atoms with E-state index in [1.165, 1.54) is 24.3 Å². The Balaban J connectivity index is 0.00000289. The summed E-state index contributed by atoms with van der Waals surface area (Å²) >= 11 is 0. The number of halogens is 2. The van der Waals surface area contributed by atoms with Gasteiger partial charge in [0.1, 0.15) is 5.82 Å². The monoisotopic (exact) mass is 486 g/mol. The summed E-state index contributed by atoms with van der Waals surface area (Å²) in [4.78, 5) is 33.1. The van der Waals surface area contributed by atoms with Crippen LogP contribution in [0, 0.1) is 5.82 Å². The third kappa shape index (κ3) is 4.60. The molecule has 176 valence electrons. The highest BCUT2D eigenvalue weighted by atomic mass is 35.5. The largest absolute Gasteiger partial charge is 0.294 e. The molecule has 0 spiro atoms. The van der Waals surface area contributed by atoms with Crippen LogP contribution in [0.25, 0.3) is 0 Å². The van der Waals surface area contributed by atoms with E-state index in [4.69, 9.17) is 0 Å². The number of hydrogen-bond donors (Lipinski definition) is 0. The number of Topliss-reactive ketones (excluding diaryl/α,β-unsaturated/α-hetero) is 1. The van der Waals surface area contributed by atoms with Crippen molar-refractivity contribution in [2.45, 2.75) is 24.7 Å². The van der Waals surface area contributed by atoms with Gasteiger partial charge in [0.2, 0.25) is 5.91 Å². The van der Waals surface area contributed by atoms with Crippen LogP contribution in [-0.4, -0.2) is 16.7 Å². The van der Waals surface area contributed by atoms with Gasteiger partial charge in [0.15, 0.2) is 5.78 Å². The minimum atomic E-state index is -0.913. The maximum Gasteiger partial charge on any atom is 0.242 e. The normalized spacial score (nSPS) is 16.5. The van der Waals surface area contributed by atoms with Gasteiger partial charge in [-0.15, -0.1) is 12.4 Å². The summed E-state index contributed by atoms with van der Waals surface area (Å²) in [5.74, 6) is -0.551.